The summed E-state index contributed by atoms with van der Waals surface area (Å²) < 4.78 is 0. The van der Waals surface area contributed by atoms with Gasteiger partial charge in [-0.3, -0.25) is 4.79 Å². The minimum Gasteiger partial charge on any atom is -0.508 e. The number of carbonyl (C=O) groups excluding carboxylic acids is 1. The van der Waals surface area contributed by atoms with Crippen molar-refractivity contribution < 1.29 is 15.0 Å². The number of hydrogen-bond acceptors (Lipinski definition) is 3. The average Bonchev–Trinajstić information content (AvgIpc) is 2.36. The van der Waals surface area contributed by atoms with Gasteiger partial charge in [-0.25, -0.2) is 0 Å². The predicted octanol–water partition coefficient (Wildman–Crippen LogP) is 2.49. The van der Waals surface area contributed by atoms with Crippen LogP contribution in [0.2, 0.25) is 0 Å². The highest BCUT2D eigenvalue weighted by atomic mass is 79.9. The number of aromatic hydroxyl groups is 2. The third kappa shape index (κ3) is 2.77. The van der Waals surface area contributed by atoms with Gasteiger partial charge in [-0.05, 0) is 31.4 Å². The van der Waals surface area contributed by atoms with Crippen molar-refractivity contribution in [2.45, 2.75) is 25.3 Å². The van der Waals surface area contributed by atoms with E-state index in [0.717, 1.165) is 31.1 Å². The van der Waals surface area contributed by atoms with Crippen LogP contribution in [0.25, 0.3) is 0 Å². The molecule has 0 aromatic heterocycles. The highest BCUT2D eigenvalue weighted by Gasteiger charge is 2.27. The normalized spacial score (nSPS) is 19.8. The minimum atomic E-state index is -0.134. The van der Waals surface area contributed by atoms with E-state index >= 15 is 0 Å². The molecule has 1 aromatic carbocycles. The van der Waals surface area contributed by atoms with Gasteiger partial charge in [-0.2, -0.15) is 0 Å². The van der Waals surface area contributed by atoms with Crippen LogP contribution in [0.3, 0.4) is 0 Å². The van der Waals surface area contributed by atoms with E-state index in [-0.39, 0.29) is 23.4 Å². The first-order valence-electron chi connectivity index (χ1n) is 6.02. The van der Waals surface area contributed by atoms with Gasteiger partial charge in [0.05, 0.1) is 0 Å². The van der Waals surface area contributed by atoms with E-state index < -0.39 is 0 Å². The molecule has 0 radical (unpaired) electrons. The summed E-state index contributed by atoms with van der Waals surface area (Å²) in [6.45, 7) is 0.728. The van der Waals surface area contributed by atoms with Gasteiger partial charge in [0.25, 0.3) is 5.91 Å². The van der Waals surface area contributed by atoms with Crippen molar-refractivity contribution >= 4 is 21.8 Å². The SMILES string of the molecule is O=C(c1cc(O)cc(O)c1)N1CCCCC1CBr. The van der Waals surface area contributed by atoms with E-state index in [0.29, 0.717) is 5.56 Å². The third-order valence-electron chi connectivity index (χ3n) is 3.22. The summed E-state index contributed by atoms with van der Waals surface area (Å²) in [4.78, 5) is 14.2. The Bertz CT molecular complexity index is 430. The maximum Gasteiger partial charge on any atom is 0.254 e. The van der Waals surface area contributed by atoms with E-state index in [1.807, 2.05) is 4.90 Å². The zero-order valence-corrected chi connectivity index (χ0v) is 11.6. The molecule has 2 rings (SSSR count). The maximum absolute atomic E-state index is 12.4. The van der Waals surface area contributed by atoms with Crippen LogP contribution in [0.15, 0.2) is 18.2 Å². The van der Waals surface area contributed by atoms with Crippen LogP contribution in [-0.2, 0) is 0 Å². The molecule has 1 aliphatic heterocycles. The van der Waals surface area contributed by atoms with Gasteiger partial charge in [-0.1, -0.05) is 15.9 Å². The number of benzene rings is 1. The Labute approximate surface area is 114 Å². The molecule has 1 aromatic rings. The van der Waals surface area contributed by atoms with Gasteiger partial charge in [0, 0.05) is 29.5 Å². The topological polar surface area (TPSA) is 60.8 Å². The summed E-state index contributed by atoms with van der Waals surface area (Å²) >= 11 is 3.43. The second kappa shape index (κ2) is 5.61. The third-order valence-corrected chi connectivity index (χ3v) is 3.96. The molecule has 0 aliphatic carbocycles. The number of amides is 1. The monoisotopic (exact) mass is 313 g/mol. The van der Waals surface area contributed by atoms with Crippen molar-refractivity contribution in [1.29, 1.82) is 0 Å². The number of hydrogen-bond donors (Lipinski definition) is 2. The Morgan fingerprint density at radius 1 is 1.28 bits per heavy atom. The van der Waals surface area contributed by atoms with Crippen LogP contribution in [0, 0.1) is 0 Å². The zero-order valence-electron chi connectivity index (χ0n) is 9.97. The first kappa shape index (κ1) is 13.2. The Hall–Kier alpha value is -1.23. The quantitative estimate of drug-likeness (QED) is 0.825. The molecule has 0 bridgehead atoms. The summed E-state index contributed by atoms with van der Waals surface area (Å²) in [7, 11) is 0. The molecule has 1 amide bonds. The number of likely N-dealkylation sites (tertiary alicyclic amines) is 1. The van der Waals surface area contributed by atoms with E-state index in [2.05, 4.69) is 15.9 Å². The molecule has 98 valence electrons. The molecule has 1 atom stereocenters. The van der Waals surface area contributed by atoms with Gasteiger partial charge in [-0.15, -0.1) is 0 Å². The summed E-state index contributed by atoms with van der Waals surface area (Å²) in [5.74, 6) is -0.318. The lowest BCUT2D eigenvalue weighted by molar-refractivity contribution is 0.0641. The van der Waals surface area contributed by atoms with Gasteiger partial charge < -0.3 is 15.1 Å². The fraction of sp³-hybridized carbons (Fsp3) is 0.462. The average molecular weight is 314 g/mol. The van der Waals surface area contributed by atoms with Crippen molar-refractivity contribution in [3.8, 4) is 11.5 Å². The Morgan fingerprint density at radius 2 is 1.94 bits per heavy atom. The number of rotatable bonds is 2. The predicted molar refractivity (Wildman–Crippen MR) is 72.2 cm³/mol. The molecule has 1 saturated heterocycles. The highest BCUT2D eigenvalue weighted by Crippen LogP contribution is 2.25. The van der Waals surface area contributed by atoms with Crippen molar-refractivity contribution in [3.63, 3.8) is 0 Å². The number of phenols is 2. The molecule has 0 saturated carbocycles. The molecule has 5 heteroatoms. The second-order valence-corrected chi connectivity index (χ2v) is 5.19. The van der Waals surface area contributed by atoms with Crippen molar-refractivity contribution in [2.24, 2.45) is 0 Å². The van der Waals surface area contributed by atoms with E-state index in [1.54, 1.807) is 0 Å². The molecule has 4 nitrogen and oxygen atoms in total. The van der Waals surface area contributed by atoms with E-state index in [4.69, 9.17) is 0 Å². The fourth-order valence-corrected chi connectivity index (χ4v) is 2.99. The molecular weight excluding hydrogens is 298 g/mol. The highest BCUT2D eigenvalue weighted by molar-refractivity contribution is 9.09. The minimum absolute atomic E-state index is 0.0919. The number of halogens is 1. The molecule has 18 heavy (non-hydrogen) atoms. The zero-order chi connectivity index (χ0) is 13.1. The van der Waals surface area contributed by atoms with Gasteiger partial charge >= 0.3 is 0 Å². The first-order valence-corrected chi connectivity index (χ1v) is 7.14. The molecule has 0 spiro atoms. The number of alkyl halides is 1. The molecule has 1 unspecified atom stereocenters. The molecule has 1 fully saturated rings. The molecule has 2 N–H and O–H groups in total. The Kier molecular flexibility index (Phi) is 4.11. The summed E-state index contributed by atoms with van der Waals surface area (Å²) in [5.41, 5.74) is 0.334. The largest absolute Gasteiger partial charge is 0.508 e. The molecule has 1 aliphatic rings. The number of piperidine rings is 1. The Balaban J connectivity index is 2.23. The van der Waals surface area contributed by atoms with E-state index in [9.17, 15) is 15.0 Å². The number of nitrogens with zero attached hydrogens (tertiary/aromatic N) is 1. The van der Waals surface area contributed by atoms with Crippen LogP contribution in [0.4, 0.5) is 0 Å². The smallest absolute Gasteiger partial charge is 0.254 e. The van der Waals surface area contributed by atoms with Gasteiger partial charge in [0.15, 0.2) is 0 Å². The number of carbonyl (C=O) groups is 1. The molecule has 1 heterocycles. The molecular formula is C13H16BrNO3. The maximum atomic E-state index is 12.4. The van der Waals surface area contributed by atoms with Crippen LogP contribution in [0.1, 0.15) is 29.6 Å². The first-order chi connectivity index (χ1) is 8.61. The van der Waals surface area contributed by atoms with Crippen LogP contribution in [0.5, 0.6) is 11.5 Å². The Morgan fingerprint density at radius 3 is 2.56 bits per heavy atom. The van der Waals surface area contributed by atoms with Crippen LogP contribution >= 0.6 is 15.9 Å². The summed E-state index contributed by atoms with van der Waals surface area (Å²) in [5, 5.41) is 19.6. The fourth-order valence-electron chi connectivity index (χ4n) is 2.31. The van der Waals surface area contributed by atoms with Crippen molar-refractivity contribution in [1.82, 2.24) is 4.90 Å². The second-order valence-electron chi connectivity index (χ2n) is 4.54. The number of phenolic OH excluding ortho intramolecular Hbond substituents is 2. The lowest BCUT2D eigenvalue weighted by Gasteiger charge is -2.34. The summed E-state index contributed by atoms with van der Waals surface area (Å²) in [6, 6.07) is 4.19. The van der Waals surface area contributed by atoms with Gasteiger partial charge in [0.1, 0.15) is 11.5 Å². The lowest BCUT2D eigenvalue weighted by Crippen LogP contribution is -2.44. The van der Waals surface area contributed by atoms with Crippen LogP contribution in [-0.4, -0.2) is 38.9 Å². The van der Waals surface area contributed by atoms with Crippen LogP contribution < -0.4 is 0 Å². The van der Waals surface area contributed by atoms with Crippen molar-refractivity contribution in [2.75, 3.05) is 11.9 Å². The van der Waals surface area contributed by atoms with Crippen molar-refractivity contribution in [3.05, 3.63) is 23.8 Å². The summed E-state index contributed by atoms with van der Waals surface area (Å²) in [6.07, 6.45) is 3.12. The van der Waals surface area contributed by atoms with Gasteiger partial charge in [0.2, 0.25) is 0 Å². The standard InChI is InChI=1S/C13H16BrNO3/c14-8-10-3-1-2-4-15(10)13(18)9-5-11(16)7-12(17)6-9/h5-7,10,16-17H,1-4,8H2. The van der Waals surface area contributed by atoms with E-state index in [1.165, 1.54) is 18.2 Å². The lowest BCUT2D eigenvalue weighted by atomic mass is 10.0.